The van der Waals surface area contributed by atoms with E-state index in [0.717, 1.165) is 12.0 Å². The SMILES string of the molecule is CC1CCN(C(C)CN2CCNCC2)CC1. The Morgan fingerprint density at radius 1 is 1.12 bits per heavy atom. The Balaban J connectivity index is 1.72. The van der Waals surface area contributed by atoms with Crippen molar-refractivity contribution in [2.75, 3.05) is 45.8 Å². The van der Waals surface area contributed by atoms with E-state index >= 15 is 0 Å². The highest BCUT2D eigenvalue weighted by molar-refractivity contribution is 4.78. The van der Waals surface area contributed by atoms with E-state index in [1.54, 1.807) is 0 Å². The molecule has 2 fully saturated rings. The molecule has 0 aromatic carbocycles. The Morgan fingerprint density at radius 3 is 2.38 bits per heavy atom. The number of likely N-dealkylation sites (tertiary alicyclic amines) is 1. The van der Waals surface area contributed by atoms with Gasteiger partial charge in [0.25, 0.3) is 0 Å². The van der Waals surface area contributed by atoms with Gasteiger partial charge in [-0.2, -0.15) is 0 Å². The fraction of sp³-hybridized carbons (Fsp3) is 1.00. The normalized spacial score (nSPS) is 28.1. The fourth-order valence-electron chi connectivity index (χ4n) is 2.85. The Hall–Kier alpha value is -0.120. The quantitative estimate of drug-likeness (QED) is 0.773. The number of piperazine rings is 1. The third-order valence-corrected chi connectivity index (χ3v) is 4.17. The molecule has 0 aliphatic carbocycles. The molecule has 2 aliphatic heterocycles. The van der Waals surface area contributed by atoms with E-state index in [4.69, 9.17) is 0 Å². The molecule has 0 aromatic heterocycles. The van der Waals surface area contributed by atoms with Gasteiger partial charge in [-0.1, -0.05) is 6.92 Å². The van der Waals surface area contributed by atoms with Crippen molar-refractivity contribution in [2.24, 2.45) is 5.92 Å². The standard InChI is InChI=1S/C13H27N3/c1-12-3-7-16(8-4-12)13(2)11-15-9-5-14-6-10-15/h12-14H,3-11H2,1-2H3. The summed E-state index contributed by atoms with van der Waals surface area (Å²) >= 11 is 0. The van der Waals surface area contributed by atoms with E-state index in [1.807, 2.05) is 0 Å². The van der Waals surface area contributed by atoms with Crippen molar-refractivity contribution < 1.29 is 0 Å². The van der Waals surface area contributed by atoms with Crippen molar-refractivity contribution in [2.45, 2.75) is 32.7 Å². The molecule has 0 aromatic rings. The maximum atomic E-state index is 3.42. The van der Waals surface area contributed by atoms with Crippen LogP contribution in [-0.4, -0.2) is 61.7 Å². The van der Waals surface area contributed by atoms with E-state index in [2.05, 4.69) is 29.0 Å². The van der Waals surface area contributed by atoms with Crippen LogP contribution in [-0.2, 0) is 0 Å². The second-order valence-corrected chi connectivity index (χ2v) is 5.62. The molecule has 0 bridgehead atoms. The number of nitrogens with zero attached hydrogens (tertiary/aromatic N) is 2. The van der Waals surface area contributed by atoms with Gasteiger partial charge in [0.05, 0.1) is 0 Å². The summed E-state index contributed by atoms with van der Waals surface area (Å²) in [6.45, 7) is 13.5. The number of hydrogen-bond donors (Lipinski definition) is 1. The number of piperidine rings is 1. The molecule has 2 saturated heterocycles. The third-order valence-electron chi connectivity index (χ3n) is 4.17. The summed E-state index contributed by atoms with van der Waals surface area (Å²) in [7, 11) is 0. The summed E-state index contributed by atoms with van der Waals surface area (Å²) in [5.74, 6) is 0.947. The van der Waals surface area contributed by atoms with Gasteiger partial charge >= 0.3 is 0 Å². The molecule has 0 amide bonds. The zero-order valence-electron chi connectivity index (χ0n) is 10.9. The Labute approximate surface area is 100 Å². The molecule has 0 spiro atoms. The summed E-state index contributed by atoms with van der Waals surface area (Å²) in [4.78, 5) is 5.29. The largest absolute Gasteiger partial charge is 0.314 e. The zero-order valence-corrected chi connectivity index (χ0v) is 10.9. The third kappa shape index (κ3) is 3.44. The van der Waals surface area contributed by atoms with E-state index in [0.29, 0.717) is 0 Å². The predicted octanol–water partition coefficient (Wildman–Crippen LogP) is 1.01. The van der Waals surface area contributed by atoms with Gasteiger partial charge in [0.2, 0.25) is 0 Å². The first-order chi connectivity index (χ1) is 7.75. The molecule has 0 radical (unpaired) electrons. The van der Waals surface area contributed by atoms with Crippen LogP contribution in [0.1, 0.15) is 26.7 Å². The minimum absolute atomic E-state index is 0.741. The molecular weight excluding hydrogens is 198 g/mol. The number of nitrogens with one attached hydrogen (secondary N) is 1. The van der Waals surface area contributed by atoms with Crippen LogP contribution in [0, 0.1) is 5.92 Å². The lowest BCUT2D eigenvalue weighted by atomic mass is 9.98. The number of rotatable bonds is 3. The molecule has 1 atom stereocenters. The summed E-state index contributed by atoms with van der Waals surface area (Å²) in [6, 6.07) is 0.741. The minimum Gasteiger partial charge on any atom is -0.314 e. The van der Waals surface area contributed by atoms with Crippen molar-refractivity contribution >= 4 is 0 Å². The molecule has 1 N–H and O–H groups in total. The van der Waals surface area contributed by atoms with Crippen LogP contribution in [0.15, 0.2) is 0 Å². The Kier molecular flexibility index (Phi) is 4.62. The van der Waals surface area contributed by atoms with Crippen LogP contribution in [0.25, 0.3) is 0 Å². The summed E-state index contributed by atoms with van der Waals surface area (Å²) < 4.78 is 0. The molecule has 94 valence electrons. The summed E-state index contributed by atoms with van der Waals surface area (Å²) in [6.07, 6.45) is 2.79. The molecule has 1 unspecified atom stereocenters. The second kappa shape index (κ2) is 5.99. The molecule has 2 heterocycles. The van der Waals surface area contributed by atoms with E-state index in [-0.39, 0.29) is 0 Å². The first-order valence-corrected chi connectivity index (χ1v) is 6.93. The molecule has 3 heteroatoms. The van der Waals surface area contributed by atoms with E-state index < -0.39 is 0 Å². The van der Waals surface area contributed by atoms with Gasteiger partial charge in [-0.05, 0) is 38.8 Å². The van der Waals surface area contributed by atoms with Gasteiger partial charge in [-0.3, -0.25) is 9.80 Å². The fourth-order valence-corrected chi connectivity index (χ4v) is 2.85. The summed E-state index contributed by atoms with van der Waals surface area (Å²) in [5.41, 5.74) is 0. The Bertz CT molecular complexity index is 193. The van der Waals surface area contributed by atoms with E-state index in [9.17, 15) is 0 Å². The van der Waals surface area contributed by atoms with Crippen molar-refractivity contribution in [3.8, 4) is 0 Å². The van der Waals surface area contributed by atoms with Gasteiger partial charge in [0.15, 0.2) is 0 Å². The monoisotopic (exact) mass is 225 g/mol. The molecule has 2 aliphatic rings. The highest BCUT2D eigenvalue weighted by Gasteiger charge is 2.22. The van der Waals surface area contributed by atoms with Crippen molar-refractivity contribution in [1.82, 2.24) is 15.1 Å². The second-order valence-electron chi connectivity index (χ2n) is 5.62. The highest BCUT2D eigenvalue weighted by Crippen LogP contribution is 2.18. The lowest BCUT2D eigenvalue weighted by molar-refractivity contribution is 0.106. The molecule has 2 rings (SSSR count). The number of hydrogen-bond acceptors (Lipinski definition) is 3. The van der Waals surface area contributed by atoms with Crippen LogP contribution in [0.5, 0.6) is 0 Å². The van der Waals surface area contributed by atoms with Crippen LogP contribution < -0.4 is 5.32 Å². The summed E-state index contributed by atoms with van der Waals surface area (Å²) in [5, 5.41) is 3.42. The van der Waals surface area contributed by atoms with Crippen molar-refractivity contribution in [3.63, 3.8) is 0 Å². The lowest BCUT2D eigenvalue weighted by Crippen LogP contribution is -2.50. The lowest BCUT2D eigenvalue weighted by Gasteiger charge is -2.38. The van der Waals surface area contributed by atoms with Crippen molar-refractivity contribution in [1.29, 1.82) is 0 Å². The first-order valence-electron chi connectivity index (χ1n) is 6.93. The molecule has 0 saturated carbocycles. The van der Waals surface area contributed by atoms with Gasteiger partial charge in [0, 0.05) is 38.8 Å². The average Bonchev–Trinajstić information content (AvgIpc) is 2.31. The average molecular weight is 225 g/mol. The maximum absolute atomic E-state index is 3.42. The zero-order chi connectivity index (χ0) is 11.4. The van der Waals surface area contributed by atoms with Gasteiger partial charge in [0.1, 0.15) is 0 Å². The minimum atomic E-state index is 0.741. The Morgan fingerprint density at radius 2 is 1.75 bits per heavy atom. The van der Waals surface area contributed by atoms with Crippen LogP contribution in [0.4, 0.5) is 0 Å². The highest BCUT2D eigenvalue weighted by atomic mass is 15.2. The van der Waals surface area contributed by atoms with Gasteiger partial charge in [-0.25, -0.2) is 0 Å². The van der Waals surface area contributed by atoms with Crippen molar-refractivity contribution in [3.05, 3.63) is 0 Å². The molecular formula is C13H27N3. The van der Waals surface area contributed by atoms with Gasteiger partial charge in [-0.15, -0.1) is 0 Å². The van der Waals surface area contributed by atoms with Crippen LogP contribution in [0.3, 0.4) is 0 Å². The molecule has 3 nitrogen and oxygen atoms in total. The van der Waals surface area contributed by atoms with Crippen LogP contribution in [0.2, 0.25) is 0 Å². The van der Waals surface area contributed by atoms with Crippen LogP contribution >= 0.6 is 0 Å². The predicted molar refractivity (Wildman–Crippen MR) is 68.7 cm³/mol. The smallest absolute Gasteiger partial charge is 0.0194 e. The maximum Gasteiger partial charge on any atom is 0.0194 e. The topological polar surface area (TPSA) is 18.5 Å². The first kappa shape index (κ1) is 12.3. The molecule has 16 heavy (non-hydrogen) atoms. The van der Waals surface area contributed by atoms with Gasteiger partial charge < -0.3 is 5.32 Å². The van der Waals surface area contributed by atoms with E-state index in [1.165, 1.54) is 58.7 Å².